The van der Waals surface area contributed by atoms with Crippen LogP contribution in [0.25, 0.3) is 0 Å². The number of nitrogens with zero attached hydrogens (tertiary/aromatic N) is 3. The van der Waals surface area contributed by atoms with Crippen molar-refractivity contribution in [2.75, 3.05) is 33.5 Å². The van der Waals surface area contributed by atoms with Crippen LogP contribution >= 0.6 is 19.4 Å². The van der Waals surface area contributed by atoms with Crippen LogP contribution in [0.1, 0.15) is 44.5 Å². The van der Waals surface area contributed by atoms with Crippen LogP contribution < -0.4 is 14.1 Å². The van der Waals surface area contributed by atoms with E-state index >= 15 is 0 Å². The predicted molar refractivity (Wildman–Crippen MR) is 172 cm³/mol. The van der Waals surface area contributed by atoms with Crippen LogP contribution in [0.15, 0.2) is 42.5 Å². The average Bonchev–Trinajstić information content (AvgIpc) is 3.33. The van der Waals surface area contributed by atoms with E-state index in [0.717, 1.165) is 13.1 Å². The second kappa shape index (κ2) is 14.4. The van der Waals surface area contributed by atoms with E-state index in [1.807, 2.05) is 0 Å². The van der Waals surface area contributed by atoms with Crippen molar-refractivity contribution in [1.82, 2.24) is 0 Å². The van der Waals surface area contributed by atoms with Crippen LogP contribution in [0.5, 0.6) is 0 Å². The average molecular weight is 799 g/mol. The van der Waals surface area contributed by atoms with Gasteiger partial charge in [-0.15, -0.1) is 0 Å². The number of sulfonamides is 1. The molecule has 3 aromatic rings. The predicted octanol–water partition coefficient (Wildman–Crippen LogP) is 9.16. The zero-order chi connectivity index (χ0) is 34.9. The summed E-state index contributed by atoms with van der Waals surface area (Å²) in [5.41, 5.74) is 6.69. The van der Waals surface area contributed by atoms with Gasteiger partial charge in [-0.3, -0.25) is 0 Å². The molecule has 1 aliphatic heterocycles. The molecule has 0 atom stereocenters. The van der Waals surface area contributed by atoms with Gasteiger partial charge in [-0.2, -0.15) is 6.67 Å². The van der Waals surface area contributed by atoms with Gasteiger partial charge < -0.3 is 9.80 Å². The van der Waals surface area contributed by atoms with Gasteiger partial charge in [0, 0.05) is 24.5 Å². The monoisotopic (exact) mass is 798 g/mol. The van der Waals surface area contributed by atoms with Crippen molar-refractivity contribution in [3.63, 3.8) is 0 Å². The normalized spacial score (nSPS) is 14.2. The maximum atomic E-state index is 12.8. The summed E-state index contributed by atoms with van der Waals surface area (Å²) in [6.07, 6.45) is -9.60. The van der Waals surface area contributed by atoms with Crippen molar-refractivity contribution < 1.29 is 48.3 Å². The molecule has 3 aromatic carbocycles. The van der Waals surface area contributed by atoms with Gasteiger partial charge in [0.25, 0.3) is 0 Å². The Morgan fingerprint density at radius 1 is 0.717 bits per heavy atom. The van der Waals surface area contributed by atoms with Crippen LogP contribution in [-0.4, -0.2) is 32.5 Å². The van der Waals surface area contributed by atoms with Crippen molar-refractivity contribution in [2.24, 2.45) is 0 Å². The van der Waals surface area contributed by atoms with Gasteiger partial charge in [-0.25, -0.2) is 0 Å². The first kappa shape index (κ1) is 38.1. The second-order valence-corrected chi connectivity index (χ2v) is 18.6. The molecule has 4 rings (SSSR count). The van der Waals surface area contributed by atoms with Gasteiger partial charge >= 0.3 is 140 Å². The fraction of sp³-hybridized carbons (Fsp3) is 0.355. The summed E-state index contributed by atoms with van der Waals surface area (Å²) in [6, 6.07) is 9.56. The minimum atomic E-state index is -5.10. The molecule has 0 amide bonds. The van der Waals surface area contributed by atoms with E-state index in [4.69, 9.17) is 19.4 Å². The Kier molecular flexibility index (Phi) is 11.9. The molecular weight excluding hydrogens is 764 g/mol. The Morgan fingerprint density at radius 2 is 1.07 bits per heavy atom. The minimum absolute atomic E-state index is 0.110. The van der Waals surface area contributed by atoms with Crippen LogP contribution in [0.4, 0.5) is 43.4 Å². The molecule has 1 fully saturated rings. The van der Waals surface area contributed by atoms with Gasteiger partial charge in [0.1, 0.15) is 0 Å². The number of aryl methyl sites for hydroxylation is 6. The molecule has 46 heavy (non-hydrogen) atoms. The zero-order valence-electron chi connectivity index (χ0n) is 26.1. The summed E-state index contributed by atoms with van der Waals surface area (Å²) in [5.74, 6) is 0. The fourth-order valence-electron chi connectivity index (χ4n) is 5.53. The Labute approximate surface area is 279 Å². The third-order valence-corrected chi connectivity index (χ3v) is 9.97. The number of alkyl halides is 6. The summed E-state index contributed by atoms with van der Waals surface area (Å²) < 4.78 is 101. The smallest absolute Gasteiger partial charge is 0.0146 e. The van der Waals surface area contributed by atoms with E-state index in [0.29, 0.717) is 11.0 Å². The molecule has 0 unspecified atom stereocenters. The molecule has 1 heterocycles. The van der Waals surface area contributed by atoms with E-state index in [1.165, 1.54) is 44.8 Å². The van der Waals surface area contributed by atoms with E-state index in [9.17, 15) is 34.8 Å². The van der Waals surface area contributed by atoms with Crippen LogP contribution in [0.2, 0.25) is 0 Å². The first-order chi connectivity index (χ1) is 21.0. The standard InChI is InChI=1S/C21H27N2.C10H7F6NO2S.2ClH.Ru/c1-14-9-16(3)20(17(4)10-14)22-7-8-23(13-22)21-18(5)11-15(2)12-19(21)6;1-17(20(2,18)19)8-4-6(9(11,12)13)3-7(5-8)10(14,15)16;;;/h9-13H,7-8H2,1-6H3;1,3-5H,2H3;2*1H;/q-1;;;;+2/p-2. The third-order valence-electron chi connectivity index (χ3n) is 7.04. The molecule has 5 nitrogen and oxygen atoms in total. The van der Waals surface area contributed by atoms with Gasteiger partial charge in [0.2, 0.25) is 0 Å². The Balaban J connectivity index is 0.000000250. The third kappa shape index (κ3) is 9.61. The van der Waals surface area contributed by atoms with Crippen LogP contribution in [0, 0.1) is 48.2 Å². The number of halogens is 8. The molecule has 0 radical (unpaired) electrons. The molecule has 0 N–H and O–H groups in total. The van der Waals surface area contributed by atoms with Crippen molar-refractivity contribution in [1.29, 1.82) is 0 Å². The molecule has 1 saturated heterocycles. The number of rotatable bonds is 5. The number of anilines is 3. The van der Waals surface area contributed by atoms with E-state index in [1.54, 1.807) is 0 Å². The maximum Gasteiger partial charge on any atom is 0.0146 e. The first-order valence-electron chi connectivity index (χ1n) is 13.6. The molecule has 0 saturated carbocycles. The maximum absolute atomic E-state index is 12.8. The second-order valence-electron chi connectivity index (χ2n) is 11.1. The van der Waals surface area contributed by atoms with Crippen molar-refractivity contribution in [2.45, 2.75) is 53.9 Å². The Morgan fingerprint density at radius 3 is 1.35 bits per heavy atom. The fourth-order valence-corrected chi connectivity index (χ4v) is 9.46. The minimum Gasteiger partial charge on any atom is -0.502 e. The van der Waals surface area contributed by atoms with Gasteiger partial charge in [0.15, 0.2) is 0 Å². The summed E-state index contributed by atoms with van der Waals surface area (Å²) in [4.78, 5) is 4.81. The Hall–Kier alpha value is -2.34. The summed E-state index contributed by atoms with van der Waals surface area (Å²) in [6.45, 7) is 17.6. The van der Waals surface area contributed by atoms with Crippen LogP contribution in [-0.2, 0) is 35.9 Å². The SMILES string of the molecule is CS(=O)(=O)N([CH]=[Ru]([Cl])[Cl])c1cc(C(F)(F)F)cc(C(F)(F)F)c1.Cc1cc(C)c(N2[CH-]N(c3c(C)cc(C)cc3C)CC2)c(C)c1. The first-order valence-corrected chi connectivity index (χ1v) is 21.0. The van der Waals surface area contributed by atoms with E-state index < -0.39 is 52.7 Å². The van der Waals surface area contributed by atoms with E-state index in [-0.39, 0.29) is 22.5 Å². The number of hydrogen-bond acceptors (Lipinski definition) is 4. The van der Waals surface area contributed by atoms with E-state index in [2.05, 4.69) is 82.3 Å². The van der Waals surface area contributed by atoms with Gasteiger partial charge in [-0.05, 0) is 63.8 Å². The molecule has 1 aliphatic rings. The topological polar surface area (TPSA) is 43.9 Å². The van der Waals surface area contributed by atoms with Gasteiger partial charge in [-0.1, -0.05) is 35.4 Å². The summed E-state index contributed by atoms with van der Waals surface area (Å²) in [5, 5.41) is 0. The molecule has 256 valence electrons. The van der Waals surface area contributed by atoms with Gasteiger partial charge in [0.05, 0.1) is 0 Å². The molecule has 0 spiro atoms. The zero-order valence-corrected chi connectivity index (χ0v) is 30.1. The van der Waals surface area contributed by atoms with Crippen molar-refractivity contribution in [3.05, 3.63) is 93.6 Å². The molecular formula is C31H34Cl2F6N3O2RuS-. The quantitative estimate of drug-likeness (QED) is 0.147. The molecule has 0 bridgehead atoms. The molecule has 0 aromatic heterocycles. The number of benzene rings is 3. The summed E-state index contributed by atoms with van der Waals surface area (Å²) in [7, 11) is 6.75. The van der Waals surface area contributed by atoms with Crippen molar-refractivity contribution in [3.8, 4) is 0 Å². The Bertz CT molecular complexity index is 1600. The number of hydrogen-bond donors (Lipinski definition) is 0. The molecule has 0 aliphatic carbocycles. The molecule has 15 heteroatoms. The van der Waals surface area contributed by atoms with Crippen molar-refractivity contribution >= 4 is 51.2 Å². The largest absolute Gasteiger partial charge is 0.502 e. The summed E-state index contributed by atoms with van der Waals surface area (Å²) >= 11 is -2.85. The van der Waals surface area contributed by atoms with Crippen LogP contribution in [0.3, 0.4) is 0 Å².